The maximum atomic E-state index is 12.5. The monoisotopic (exact) mass is 337 g/mol. The first-order valence-electron chi connectivity index (χ1n) is 6.89. The van der Waals surface area contributed by atoms with Crippen LogP contribution < -0.4 is 9.46 Å². The van der Waals surface area contributed by atoms with Gasteiger partial charge in [0.05, 0.1) is 17.5 Å². The van der Waals surface area contributed by atoms with Crippen molar-refractivity contribution in [1.82, 2.24) is 4.72 Å². The van der Waals surface area contributed by atoms with Crippen LogP contribution in [0.3, 0.4) is 0 Å². The van der Waals surface area contributed by atoms with Gasteiger partial charge in [-0.1, -0.05) is 23.7 Å². The Morgan fingerprint density at radius 3 is 2.14 bits per heavy atom. The molecule has 2 aromatic rings. The predicted molar refractivity (Wildman–Crippen MR) is 85.7 cm³/mol. The first kappa shape index (κ1) is 15.3. The van der Waals surface area contributed by atoms with Gasteiger partial charge in [-0.2, -0.15) is 0 Å². The van der Waals surface area contributed by atoms with Crippen LogP contribution in [-0.4, -0.2) is 15.5 Å². The fraction of sp³-hybridized carbons (Fsp3) is 0.250. The summed E-state index contributed by atoms with van der Waals surface area (Å²) in [5.74, 6) is 0.750. The van der Waals surface area contributed by atoms with Crippen molar-refractivity contribution >= 4 is 21.6 Å². The Kier molecular flexibility index (Phi) is 3.89. The van der Waals surface area contributed by atoms with Crippen molar-refractivity contribution in [2.24, 2.45) is 0 Å². The molecule has 3 rings (SSSR count). The number of rotatable bonds is 5. The molecule has 0 atom stereocenters. The quantitative estimate of drug-likeness (QED) is 0.910. The molecule has 1 aliphatic carbocycles. The van der Waals surface area contributed by atoms with Gasteiger partial charge < -0.3 is 4.74 Å². The third-order valence-electron chi connectivity index (χ3n) is 3.85. The highest BCUT2D eigenvalue weighted by atomic mass is 35.5. The summed E-state index contributed by atoms with van der Waals surface area (Å²) in [7, 11) is -1.97. The lowest BCUT2D eigenvalue weighted by Crippen LogP contribution is -2.34. The van der Waals surface area contributed by atoms with Crippen LogP contribution in [0.4, 0.5) is 0 Å². The number of hydrogen-bond donors (Lipinski definition) is 1. The Balaban J connectivity index is 1.86. The van der Waals surface area contributed by atoms with Crippen LogP contribution in [-0.2, 0) is 15.6 Å². The van der Waals surface area contributed by atoms with Gasteiger partial charge in [-0.15, -0.1) is 0 Å². The number of hydrogen-bond acceptors (Lipinski definition) is 3. The molecule has 4 nitrogen and oxygen atoms in total. The van der Waals surface area contributed by atoms with E-state index in [0.717, 1.165) is 24.2 Å². The van der Waals surface area contributed by atoms with Crippen LogP contribution in [0.15, 0.2) is 53.4 Å². The number of nitrogens with one attached hydrogen (secondary N) is 1. The minimum atomic E-state index is -3.58. The zero-order valence-electron chi connectivity index (χ0n) is 12.0. The van der Waals surface area contributed by atoms with Crippen molar-refractivity contribution in [2.75, 3.05) is 7.11 Å². The summed E-state index contributed by atoms with van der Waals surface area (Å²) in [4.78, 5) is 0.219. The lowest BCUT2D eigenvalue weighted by Gasteiger charge is -2.18. The molecular formula is C16H16ClNO3S. The van der Waals surface area contributed by atoms with Crippen LogP contribution in [0.2, 0.25) is 5.02 Å². The smallest absolute Gasteiger partial charge is 0.241 e. The van der Waals surface area contributed by atoms with Crippen LogP contribution in [0.5, 0.6) is 5.75 Å². The summed E-state index contributed by atoms with van der Waals surface area (Å²) in [6, 6.07) is 13.6. The Bertz CT molecular complexity index is 766. The normalized spacial score (nSPS) is 16.3. The number of sulfonamides is 1. The molecular weight excluding hydrogens is 322 g/mol. The molecule has 0 unspecified atom stereocenters. The molecule has 116 valence electrons. The van der Waals surface area contributed by atoms with Gasteiger partial charge in [-0.3, -0.25) is 0 Å². The zero-order valence-corrected chi connectivity index (χ0v) is 13.6. The second-order valence-corrected chi connectivity index (χ2v) is 7.49. The van der Waals surface area contributed by atoms with Gasteiger partial charge in [0.15, 0.2) is 0 Å². The molecule has 1 N–H and O–H groups in total. The van der Waals surface area contributed by atoms with E-state index in [1.54, 1.807) is 19.2 Å². The Labute approximate surface area is 135 Å². The lowest BCUT2D eigenvalue weighted by molar-refractivity contribution is 0.414. The number of ether oxygens (including phenoxy) is 1. The Morgan fingerprint density at radius 1 is 1.05 bits per heavy atom. The zero-order chi connectivity index (χ0) is 15.8. The summed E-state index contributed by atoms with van der Waals surface area (Å²) >= 11 is 5.80. The molecule has 2 aromatic carbocycles. The minimum absolute atomic E-state index is 0.219. The van der Waals surface area contributed by atoms with Crippen LogP contribution in [0.25, 0.3) is 0 Å². The molecule has 1 aliphatic rings. The van der Waals surface area contributed by atoms with E-state index in [1.807, 2.05) is 24.3 Å². The maximum absolute atomic E-state index is 12.5. The van der Waals surface area contributed by atoms with Gasteiger partial charge in [0.25, 0.3) is 0 Å². The van der Waals surface area contributed by atoms with Crippen molar-refractivity contribution in [1.29, 1.82) is 0 Å². The summed E-state index contributed by atoms with van der Waals surface area (Å²) in [5, 5.41) is 0.509. The van der Waals surface area contributed by atoms with Crippen LogP contribution in [0.1, 0.15) is 18.4 Å². The second-order valence-electron chi connectivity index (χ2n) is 5.37. The highest BCUT2D eigenvalue weighted by Crippen LogP contribution is 2.46. The summed E-state index contributed by atoms with van der Waals surface area (Å²) < 4.78 is 33.0. The van der Waals surface area contributed by atoms with E-state index >= 15 is 0 Å². The molecule has 0 amide bonds. The van der Waals surface area contributed by atoms with Crippen LogP contribution >= 0.6 is 11.6 Å². The van der Waals surface area contributed by atoms with Crippen molar-refractivity contribution < 1.29 is 13.2 Å². The lowest BCUT2D eigenvalue weighted by atomic mass is 10.1. The second kappa shape index (κ2) is 5.57. The highest BCUT2D eigenvalue weighted by molar-refractivity contribution is 7.89. The molecule has 0 aliphatic heterocycles. The largest absolute Gasteiger partial charge is 0.497 e. The third-order valence-corrected chi connectivity index (χ3v) is 5.65. The van der Waals surface area contributed by atoms with Gasteiger partial charge in [0.2, 0.25) is 10.0 Å². The van der Waals surface area contributed by atoms with Gasteiger partial charge in [0.1, 0.15) is 5.75 Å². The average Bonchev–Trinajstić information content (AvgIpc) is 3.28. The molecule has 22 heavy (non-hydrogen) atoms. The van der Waals surface area contributed by atoms with E-state index in [4.69, 9.17) is 16.3 Å². The molecule has 0 heterocycles. The Hall–Kier alpha value is -1.56. The average molecular weight is 338 g/mol. The number of halogens is 1. The van der Waals surface area contributed by atoms with E-state index in [-0.39, 0.29) is 4.90 Å². The van der Waals surface area contributed by atoms with Crippen LogP contribution in [0, 0.1) is 0 Å². The van der Waals surface area contributed by atoms with Gasteiger partial charge >= 0.3 is 0 Å². The van der Waals surface area contributed by atoms with E-state index in [2.05, 4.69) is 4.72 Å². The molecule has 6 heteroatoms. The van der Waals surface area contributed by atoms with E-state index in [9.17, 15) is 8.42 Å². The first-order valence-corrected chi connectivity index (χ1v) is 8.75. The topological polar surface area (TPSA) is 55.4 Å². The molecule has 1 fully saturated rings. The number of methoxy groups -OCH3 is 1. The van der Waals surface area contributed by atoms with E-state index < -0.39 is 15.6 Å². The molecule has 0 spiro atoms. The summed E-state index contributed by atoms with van der Waals surface area (Å²) in [6.07, 6.45) is 1.57. The predicted octanol–water partition coefficient (Wildman–Crippen LogP) is 3.32. The first-order chi connectivity index (χ1) is 10.5. The fourth-order valence-electron chi connectivity index (χ4n) is 2.41. The fourth-order valence-corrected chi connectivity index (χ4v) is 3.99. The molecule has 0 radical (unpaired) electrons. The SMILES string of the molecule is COc1ccc(C2(NS(=O)(=O)c3ccc(Cl)cc3)CC2)cc1. The summed E-state index contributed by atoms with van der Waals surface area (Å²) in [5.41, 5.74) is 0.441. The van der Waals surface area contributed by atoms with Crippen molar-refractivity contribution in [3.05, 3.63) is 59.1 Å². The highest BCUT2D eigenvalue weighted by Gasteiger charge is 2.47. The third kappa shape index (κ3) is 2.97. The van der Waals surface area contributed by atoms with Crippen molar-refractivity contribution in [2.45, 2.75) is 23.3 Å². The minimum Gasteiger partial charge on any atom is -0.497 e. The molecule has 0 bridgehead atoms. The number of benzene rings is 2. The van der Waals surface area contributed by atoms with E-state index in [1.165, 1.54) is 12.1 Å². The molecule has 1 saturated carbocycles. The van der Waals surface area contributed by atoms with Gasteiger partial charge in [-0.05, 0) is 54.8 Å². The van der Waals surface area contributed by atoms with Gasteiger partial charge in [0, 0.05) is 5.02 Å². The standard InChI is InChI=1S/C16H16ClNO3S/c1-21-14-6-2-12(3-7-14)16(10-11-16)18-22(19,20)15-8-4-13(17)5-9-15/h2-9,18H,10-11H2,1H3. The molecule has 0 aromatic heterocycles. The van der Waals surface area contributed by atoms with Crippen molar-refractivity contribution in [3.8, 4) is 5.75 Å². The summed E-state index contributed by atoms with van der Waals surface area (Å²) in [6.45, 7) is 0. The maximum Gasteiger partial charge on any atom is 0.241 e. The van der Waals surface area contributed by atoms with Gasteiger partial charge in [-0.25, -0.2) is 13.1 Å². The Morgan fingerprint density at radius 2 is 1.64 bits per heavy atom. The van der Waals surface area contributed by atoms with E-state index in [0.29, 0.717) is 5.02 Å². The van der Waals surface area contributed by atoms with Crippen molar-refractivity contribution in [3.63, 3.8) is 0 Å². The molecule has 0 saturated heterocycles.